The highest BCUT2D eigenvalue weighted by Gasteiger charge is 2.11. The predicted octanol–water partition coefficient (Wildman–Crippen LogP) is 2.97. The van der Waals surface area contributed by atoms with Crippen LogP contribution in [0.3, 0.4) is 0 Å². The van der Waals surface area contributed by atoms with E-state index in [1.54, 1.807) is 20.1 Å². The largest absolute Gasteiger partial charge is 0.497 e. The maximum absolute atomic E-state index is 13.5. The number of aryl methyl sites for hydroxylation is 1. The molecule has 1 unspecified atom stereocenters. The fraction of sp³-hybridized carbons (Fsp3) is 0.294. The smallest absolute Gasteiger partial charge is 0.126 e. The molecule has 4 heteroatoms. The summed E-state index contributed by atoms with van der Waals surface area (Å²) in [6.07, 6.45) is 0. The zero-order chi connectivity index (χ0) is 15.2. The van der Waals surface area contributed by atoms with Crippen LogP contribution < -0.4 is 10.1 Å². The Balaban J connectivity index is 2.06. The Morgan fingerprint density at radius 2 is 2.05 bits per heavy atom. The first-order valence-electron chi connectivity index (χ1n) is 6.87. The lowest BCUT2D eigenvalue weighted by molar-refractivity contribution is 0.243. The molecule has 0 aliphatic heterocycles. The molecule has 2 N–H and O–H groups in total. The molecule has 0 fully saturated rings. The third-order valence-electron chi connectivity index (χ3n) is 3.47. The summed E-state index contributed by atoms with van der Waals surface area (Å²) in [5, 5.41) is 12.8. The van der Waals surface area contributed by atoms with Gasteiger partial charge in [0, 0.05) is 6.54 Å². The quantitative estimate of drug-likeness (QED) is 0.859. The molecule has 0 radical (unpaired) electrons. The normalized spacial score (nSPS) is 12.2. The van der Waals surface area contributed by atoms with Gasteiger partial charge >= 0.3 is 0 Å². The first kappa shape index (κ1) is 15.5. The van der Waals surface area contributed by atoms with Crippen LogP contribution in [0.25, 0.3) is 0 Å². The highest BCUT2D eigenvalue weighted by atomic mass is 19.1. The van der Waals surface area contributed by atoms with E-state index in [0.717, 1.165) is 16.9 Å². The minimum atomic E-state index is -0.218. The van der Waals surface area contributed by atoms with Gasteiger partial charge in [-0.15, -0.1) is 0 Å². The molecule has 0 aliphatic carbocycles. The van der Waals surface area contributed by atoms with Gasteiger partial charge in [0.15, 0.2) is 0 Å². The summed E-state index contributed by atoms with van der Waals surface area (Å²) in [5.74, 6) is 0.533. The van der Waals surface area contributed by atoms with Gasteiger partial charge in [0.2, 0.25) is 0 Å². The lowest BCUT2D eigenvalue weighted by atomic mass is 10.1. The van der Waals surface area contributed by atoms with Crippen molar-refractivity contribution in [3.05, 3.63) is 65.0 Å². The maximum atomic E-state index is 13.5. The van der Waals surface area contributed by atoms with E-state index in [-0.39, 0.29) is 18.5 Å². The third-order valence-corrected chi connectivity index (χ3v) is 3.47. The summed E-state index contributed by atoms with van der Waals surface area (Å²) in [5.41, 5.74) is 2.41. The van der Waals surface area contributed by atoms with E-state index < -0.39 is 0 Å². The van der Waals surface area contributed by atoms with Crippen molar-refractivity contribution in [1.29, 1.82) is 0 Å². The second-order valence-corrected chi connectivity index (χ2v) is 4.98. The van der Waals surface area contributed by atoms with Gasteiger partial charge in [0.05, 0.1) is 19.8 Å². The van der Waals surface area contributed by atoms with Crippen LogP contribution >= 0.6 is 0 Å². The Hall–Kier alpha value is -1.91. The average Bonchev–Trinajstić information content (AvgIpc) is 2.51. The van der Waals surface area contributed by atoms with E-state index in [1.807, 2.05) is 30.3 Å². The summed E-state index contributed by atoms with van der Waals surface area (Å²) < 4.78 is 18.7. The fourth-order valence-electron chi connectivity index (χ4n) is 2.13. The Morgan fingerprint density at radius 1 is 1.24 bits per heavy atom. The molecule has 2 aromatic rings. The van der Waals surface area contributed by atoms with Crippen molar-refractivity contribution < 1.29 is 14.2 Å². The number of halogens is 1. The number of hydrogen-bond donors (Lipinski definition) is 2. The van der Waals surface area contributed by atoms with Gasteiger partial charge in [-0.1, -0.05) is 24.3 Å². The fourth-order valence-corrected chi connectivity index (χ4v) is 2.13. The van der Waals surface area contributed by atoms with Crippen molar-refractivity contribution in [2.75, 3.05) is 13.7 Å². The number of aliphatic hydroxyl groups is 1. The molecular weight excluding hydrogens is 269 g/mol. The van der Waals surface area contributed by atoms with Crippen LogP contribution in [0.15, 0.2) is 42.5 Å². The molecule has 3 nitrogen and oxygen atoms in total. The van der Waals surface area contributed by atoms with Crippen LogP contribution in [-0.2, 0) is 6.54 Å². The number of benzene rings is 2. The first-order chi connectivity index (χ1) is 10.1. The average molecular weight is 289 g/mol. The summed E-state index contributed by atoms with van der Waals surface area (Å²) in [6, 6.07) is 12.5. The lowest BCUT2D eigenvalue weighted by Gasteiger charge is -2.17. The van der Waals surface area contributed by atoms with Gasteiger partial charge in [-0.05, 0) is 41.8 Å². The monoisotopic (exact) mass is 289 g/mol. The van der Waals surface area contributed by atoms with Gasteiger partial charge in [0.1, 0.15) is 11.6 Å². The molecule has 0 heterocycles. The molecule has 0 spiro atoms. The molecule has 0 saturated carbocycles. The zero-order valence-electron chi connectivity index (χ0n) is 12.3. The van der Waals surface area contributed by atoms with Gasteiger partial charge in [-0.3, -0.25) is 0 Å². The van der Waals surface area contributed by atoms with E-state index in [4.69, 9.17) is 4.74 Å². The second-order valence-electron chi connectivity index (χ2n) is 4.98. The van der Waals surface area contributed by atoms with Crippen molar-refractivity contribution in [1.82, 2.24) is 5.32 Å². The maximum Gasteiger partial charge on any atom is 0.126 e. The SMILES string of the molecule is COc1cccc(C(CO)NCc2ccc(C)c(F)c2)c1. The number of rotatable bonds is 6. The van der Waals surface area contributed by atoms with Crippen molar-refractivity contribution in [3.63, 3.8) is 0 Å². The van der Waals surface area contributed by atoms with E-state index in [2.05, 4.69) is 5.32 Å². The number of ether oxygens (including phenoxy) is 1. The molecule has 2 aromatic carbocycles. The molecule has 0 bridgehead atoms. The molecule has 0 saturated heterocycles. The van der Waals surface area contributed by atoms with Crippen LogP contribution in [0, 0.1) is 12.7 Å². The van der Waals surface area contributed by atoms with E-state index in [0.29, 0.717) is 12.1 Å². The summed E-state index contributed by atoms with van der Waals surface area (Å²) >= 11 is 0. The predicted molar refractivity (Wildman–Crippen MR) is 80.8 cm³/mol. The van der Waals surface area contributed by atoms with Gasteiger partial charge in [-0.25, -0.2) is 4.39 Å². The molecule has 112 valence electrons. The van der Waals surface area contributed by atoms with Crippen LogP contribution in [0.4, 0.5) is 4.39 Å². The molecular formula is C17H20FNO2. The number of methoxy groups -OCH3 is 1. The van der Waals surface area contributed by atoms with E-state index in [9.17, 15) is 9.50 Å². The van der Waals surface area contributed by atoms with Crippen molar-refractivity contribution in [2.24, 2.45) is 0 Å². The third kappa shape index (κ3) is 4.03. The minimum absolute atomic E-state index is 0.0402. The Morgan fingerprint density at radius 3 is 2.71 bits per heavy atom. The summed E-state index contributed by atoms with van der Waals surface area (Å²) in [6.45, 7) is 2.18. The highest BCUT2D eigenvalue weighted by Crippen LogP contribution is 2.19. The Labute approximate surface area is 124 Å². The number of nitrogens with one attached hydrogen (secondary N) is 1. The van der Waals surface area contributed by atoms with E-state index >= 15 is 0 Å². The Kier molecular flexibility index (Phi) is 5.31. The van der Waals surface area contributed by atoms with Crippen molar-refractivity contribution in [3.8, 4) is 5.75 Å². The van der Waals surface area contributed by atoms with Crippen LogP contribution in [0.2, 0.25) is 0 Å². The standard InChI is InChI=1S/C17H20FNO2/c1-12-6-7-13(8-16(12)18)10-19-17(11-20)14-4-3-5-15(9-14)21-2/h3-9,17,19-20H,10-11H2,1-2H3. The molecule has 0 amide bonds. The zero-order valence-corrected chi connectivity index (χ0v) is 12.3. The molecule has 1 atom stereocenters. The van der Waals surface area contributed by atoms with Gasteiger partial charge in [0.25, 0.3) is 0 Å². The van der Waals surface area contributed by atoms with Crippen LogP contribution in [0.1, 0.15) is 22.7 Å². The van der Waals surface area contributed by atoms with Crippen molar-refractivity contribution in [2.45, 2.75) is 19.5 Å². The molecule has 21 heavy (non-hydrogen) atoms. The molecule has 0 aliphatic rings. The van der Waals surface area contributed by atoms with Gasteiger partial charge < -0.3 is 15.2 Å². The topological polar surface area (TPSA) is 41.5 Å². The Bertz CT molecular complexity index is 601. The summed E-state index contributed by atoms with van der Waals surface area (Å²) in [4.78, 5) is 0. The van der Waals surface area contributed by atoms with Crippen molar-refractivity contribution >= 4 is 0 Å². The summed E-state index contributed by atoms with van der Waals surface area (Å²) in [7, 11) is 1.61. The molecule has 0 aromatic heterocycles. The minimum Gasteiger partial charge on any atom is -0.497 e. The van der Waals surface area contributed by atoms with E-state index in [1.165, 1.54) is 6.07 Å². The van der Waals surface area contributed by atoms with Crippen LogP contribution in [0.5, 0.6) is 5.75 Å². The number of aliphatic hydroxyl groups excluding tert-OH is 1. The van der Waals surface area contributed by atoms with Gasteiger partial charge in [-0.2, -0.15) is 0 Å². The highest BCUT2D eigenvalue weighted by molar-refractivity contribution is 5.31. The first-order valence-corrected chi connectivity index (χ1v) is 6.87. The molecule has 2 rings (SSSR count). The second kappa shape index (κ2) is 7.20. The lowest BCUT2D eigenvalue weighted by Crippen LogP contribution is -2.24. The number of hydrogen-bond acceptors (Lipinski definition) is 3. The van der Waals surface area contributed by atoms with Crippen LogP contribution in [-0.4, -0.2) is 18.8 Å².